The molecule has 12 nitrogen and oxygen atoms in total. The van der Waals surface area contributed by atoms with Crippen molar-refractivity contribution in [3.8, 4) is 0 Å². The maximum atomic E-state index is 13.4. The van der Waals surface area contributed by atoms with E-state index in [1.54, 1.807) is 49.6 Å². The molecule has 0 amide bonds. The van der Waals surface area contributed by atoms with Crippen LogP contribution in [-0.4, -0.2) is 70.1 Å². The van der Waals surface area contributed by atoms with Crippen molar-refractivity contribution in [2.24, 2.45) is 5.92 Å². The van der Waals surface area contributed by atoms with E-state index in [9.17, 15) is 23.5 Å². The molecule has 1 aliphatic heterocycles. The smallest absolute Gasteiger partial charge is 0.332 e. The number of ether oxygens (including phenoxy) is 1. The van der Waals surface area contributed by atoms with Crippen LogP contribution in [0.4, 0.5) is 11.5 Å². The van der Waals surface area contributed by atoms with Gasteiger partial charge < -0.3 is 19.3 Å². The summed E-state index contributed by atoms with van der Waals surface area (Å²) in [5.41, 5.74) is 1.46. The molecule has 2 N–H and O–H groups in total. The molecule has 0 aliphatic carbocycles. The second-order valence-electron chi connectivity index (χ2n) is 10.3. The van der Waals surface area contributed by atoms with Crippen LogP contribution in [0.15, 0.2) is 36.9 Å². The van der Waals surface area contributed by atoms with Gasteiger partial charge in [-0.05, 0) is 52.7 Å². The molecular formula is C25H32N6O6S. The lowest BCUT2D eigenvalue weighted by atomic mass is 9.97. The zero-order valence-electron chi connectivity index (χ0n) is 21.8. The number of nitrogens with zero attached hydrogens (tertiary/aromatic N) is 6. The largest absolute Gasteiger partial charge is 0.481 e. The predicted molar refractivity (Wildman–Crippen MR) is 142 cm³/mol. The number of carbonyl (C=O) groups excluding carboxylic acids is 1. The summed E-state index contributed by atoms with van der Waals surface area (Å²) in [5.74, 6) is -1.28. The number of piperidine rings is 1. The van der Waals surface area contributed by atoms with Crippen molar-refractivity contribution in [1.82, 2.24) is 19.5 Å². The summed E-state index contributed by atoms with van der Waals surface area (Å²) in [6.07, 6.45) is 3.90. The molecule has 4 rings (SSSR count). The van der Waals surface area contributed by atoms with Gasteiger partial charge in [0.15, 0.2) is 23.0 Å². The Balaban J connectivity index is 1.69. The topological polar surface area (TPSA) is 151 Å². The normalized spacial score (nSPS) is 16.3. The SMILES string of the molecule is Cc1ccc(N(C(Cn2cnc3c(N4CCC(C(=O)O)CC4)ncnc32)C(=O)OC(C)(C)C)S(=O)O)cc1. The van der Waals surface area contributed by atoms with E-state index in [2.05, 4.69) is 15.0 Å². The summed E-state index contributed by atoms with van der Waals surface area (Å²) in [7, 11) is 0. The standard InChI is InChI=1S/C25H32N6O6S/c1-16-5-7-18(8-6-16)31(38(35)36)19(24(34)37-25(2,3)4)13-30-15-28-20-21(26-14-27-22(20)30)29-11-9-17(10-12-29)23(32)33/h5-8,14-15,17,19H,9-13H2,1-4H3,(H,32,33)(H,35,36). The van der Waals surface area contributed by atoms with Gasteiger partial charge in [-0.25, -0.2) is 24.0 Å². The summed E-state index contributed by atoms with van der Waals surface area (Å²) in [5, 5.41) is 9.31. The number of carboxylic acids is 1. The Hall–Kier alpha value is -3.58. The van der Waals surface area contributed by atoms with E-state index < -0.39 is 34.8 Å². The molecule has 1 saturated heterocycles. The minimum Gasteiger partial charge on any atom is -0.481 e. The molecule has 2 unspecified atom stereocenters. The van der Waals surface area contributed by atoms with Gasteiger partial charge in [-0.15, -0.1) is 0 Å². The minimum atomic E-state index is -2.54. The number of fused-ring (bicyclic) bond motifs is 1. The second kappa shape index (κ2) is 11.0. The molecule has 204 valence electrons. The number of imidazole rings is 1. The Morgan fingerprint density at radius 1 is 1.16 bits per heavy atom. The third kappa shape index (κ3) is 6.10. The zero-order chi connectivity index (χ0) is 27.6. The number of carboxylic acid groups (broad SMARTS) is 1. The lowest BCUT2D eigenvalue weighted by Crippen LogP contribution is -2.47. The van der Waals surface area contributed by atoms with Crippen molar-refractivity contribution in [2.45, 2.75) is 58.7 Å². The monoisotopic (exact) mass is 544 g/mol. The number of carbonyl (C=O) groups is 2. The highest BCUT2D eigenvalue weighted by molar-refractivity contribution is 7.80. The van der Waals surface area contributed by atoms with Crippen LogP contribution in [0, 0.1) is 12.8 Å². The number of aryl methyl sites for hydroxylation is 1. The quantitative estimate of drug-likeness (QED) is 0.320. The average molecular weight is 545 g/mol. The van der Waals surface area contributed by atoms with Gasteiger partial charge in [0, 0.05) is 13.1 Å². The van der Waals surface area contributed by atoms with Crippen molar-refractivity contribution >= 4 is 45.9 Å². The number of hydrogen-bond acceptors (Lipinski definition) is 8. The van der Waals surface area contributed by atoms with Crippen LogP contribution in [-0.2, 0) is 32.1 Å². The highest BCUT2D eigenvalue weighted by Gasteiger charge is 2.35. The zero-order valence-corrected chi connectivity index (χ0v) is 22.6. The molecule has 1 fully saturated rings. The Morgan fingerprint density at radius 3 is 2.39 bits per heavy atom. The van der Waals surface area contributed by atoms with Crippen molar-refractivity contribution in [1.29, 1.82) is 0 Å². The van der Waals surface area contributed by atoms with Crippen molar-refractivity contribution in [2.75, 3.05) is 22.3 Å². The summed E-state index contributed by atoms with van der Waals surface area (Å²) in [4.78, 5) is 40.0. The van der Waals surface area contributed by atoms with E-state index in [1.807, 2.05) is 11.8 Å². The molecule has 2 aromatic heterocycles. The summed E-state index contributed by atoms with van der Waals surface area (Å²) in [6.45, 7) is 8.05. The van der Waals surface area contributed by atoms with Gasteiger partial charge in [0.2, 0.25) is 0 Å². The fourth-order valence-corrected chi connectivity index (χ4v) is 5.12. The van der Waals surface area contributed by atoms with E-state index in [1.165, 1.54) is 12.7 Å². The van der Waals surface area contributed by atoms with Gasteiger partial charge >= 0.3 is 11.9 Å². The Morgan fingerprint density at radius 2 is 1.82 bits per heavy atom. The number of esters is 1. The number of rotatable bonds is 8. The molecule has 38 heavy (non-hydrogen) atoms. The molecule has 13 heteroatoms. The van der Waals surface area contributed by atoms with E-state index in [-0.39, 0.29) is 12.5 Å². The van der Waals surface area contributed by atoms with Crippen molar-refractivity contribution in [3.05, 3.63) is 42.5 Å². The van der Waals surface area contributed by atoms with Crippen LogP contribution in [0.2, 0.25) is 0 Å². The summed E-state index contributed by atoms with van der Waals surface area (Å²) < 4.78 is 31.2. The highest BCUT2D eigenvalue weighted by Crippen LogP contribution is 2.28. The minimum absolute atomic E-state index is 0.0663. The van der Waals surface area contributed by atoms with Crippen molar-refractivity contribution < 1.29 is 28.2 Å². The Bertz CT molecular complexity index is 1330. The third-order valence-corrected chi connectivity index (χ3v) is 7.12. The van der Waals surface area contributed by atoms with Crippen molar-refractivity contribution in [3.63, 3.8) is 0 Å². The summed E-state index contributed by atoms with van der Waals surface area (Å²) >= 11 is -2.54. The maximum Gasteiger partial charge on any atom is 0.332 e. The van der Waals surface area contributed by atoms with Gasteiger partial charge in [-0.1, -0.05) is 17.7 Å². The molecule has 3 aromatic rings. The van der Waals surface area contributed by atoms with Gasteiger partial charge in [0.1, 0.15) is 11.9 Å². The first kappa shape index (κ1) is 27.5. The molecule has 2 atom stereocenters. The molecule has 0 bridgehead atoms. The van der Waals surface area contributed by atoms with Crippen LogP contribution in [0.25, 0.3) is 11.2 Å². The van der Waals surface area contributed by atoms with Crippen LogP contribution in [0.3, 0.4) is 0 Å². The molecule has 1 aliphatic rings. The number of benzene rings is 1. The lowest BCUT2D eigenvalue weighted by Gasteiger charge is -2.31. The van der Waals surface area contributed by atoms with E-state index in [4.69, 9.17) is 4.74 Å². The van der Waals surface area contributed by atoms with Gasteiger partial charge in [0.25, 0.3) is 11.3 Å². The predicted octanol–water partition coefficient (Wildman–Crippen LogP) is 2.79. The Labute approximate surface area is 223 Å². The average Bonchev–Trinajstić information content (AvgIpc) is 3.26. The molecule has 0 saturated carbocycles. The molecule has 1 aromatic carbocycles. The van der Waals surface area contributed by atoms with Gasteiger partial charge in [-0.2, -0.15) is 0 Å². The van der Waals surface area contributed by atoms with Crippen LogP contribution < -0.4 is 9.21 Å². The van der Waals surface area contributed by atoms with E-state index in [0.717, 1.165) is 9.87 Å². The van der Waals surface area contributed by atoms with Crippen LogP contribution in [0.5, 0.6) is 0 Å². The van der Waals surface area contributed by atoms with Crippen LogP contribution >= 0.6 is 0 Å². The number of anilines is 2. The fourth-order valence-electron chi connectivity index (χ4n) is 4.44. The number of hydrogen-bond donors (Lipinski definition) is 2. The van der Waals surface area contributed by atoms with Gasteiger partial charge in [-0.3, -0.25) is 13.7 Å². The first-order valence-corrected chi connectivity index (χ1v) is 13.3. The fraction of sp³-hybridized carbons (Fsp3) is 0.480. The first-order valence-electron chi connectivity index (χ1n) is 12.3. The van der Waals surface area contributed by atoms with E-state index in [0.29, 0.717) is 48.6 Å². The lowest BCUT2D eigenvalue weighted by molar-refractivity contribution is -0.156. The van der Waals surface area contributed by atoms with Gasteiger partial charge in [0.05, 0.1) is 24.5 Å². The molecular weight excluding hydrogens is 512 g/mol. The second-order valence-corrected chi connectivity index (χ2v) is 11.2. The maximum absolute atomic E-state index is 13.4. The summed E-state index contributed by atoms with van der Waals surface area (Å²) in [6, 6.07) is 5.76. The molecule has 0 radical (unpaired) electrons. The van der Waals surface area contributed by atoms with E-state index >= 15 is 0 Å². The first-order chi connectivity index (χ1) is 17.9. The number of aromatic nitrogens is 4. The third-order valence-electron chi connectivity index (χ3n) is 6.31. The Kier molecular flexibility index (Phi) is 7.97. The highest BCUT2D eigenvalue weighted by atomic mass is 32.2. The molecule has 3 heterocycles. The van der Waals surface area contributed by atoms with Crippen LogP contribution in [0.1, 0.15) is 39.2 Å². The molecule has 0 spiro atoms. The number of aliphatic carboxylic acids is 1.